The Hall–Kier alpha value is -1.27. The molecule has 0 aromatic rings. The standard InChI is InChI=1S/C14H20F3NO3/c15-14(16,17)10-5-3-4-9(8-10)11(19)18-13(12(20)21)6-1-2-7-13/h9-10H,1-8H2,(H,18,19)(H,20,21). The molecule has 7 heteroatoms. The number of rotatable bonds is 3. The van der Waals surface area contributed by atoms with Crippen LogP contribution in [0.25, 0.3) is 0 Å². The van der Waals surface area contributed by atoms with Crippen LogP contribution in [-0.2, 0) is 9.59 Å². The average Bonchev–Trinajstić information content (AvgIpc) is 2.88. The maximum atomic E-state index is 12.8. The first-order valence-corrected chi connectivity index (χ1v) is 7.37. The molecule has 4 nitrogen and oxygen atoms in total. The molecule has 2 aliphatic carbocycles. The quantitative estimate of drug-likeness (QED) is 0.842. The van der Waals surface area contributed by atoms with Crippen molar-refractivity contribution in [1.82, 2.24) is 5.32 Å². The number of halogens is 3. The van der Waals surface area contributed by atoms with Gasteiger partial charge in [0.1, 0.15) is 5.54 Å². The highest BCUT2D eigenvalue weighted by atomic mass is 19.4. The Bertz CT molecular complexity index is 416. The van der Waals surface area contributed by atoms with Gasteiger partial charge in [-0.1, -0.05) is 19.3 Å². The number of alkyl halides is 3. The number of carboxylic acids is 1. The molecule has 120 valence electrons. The summed E-state index contributed by atoms with van der Waals surface area (Å²) in [5.41, 5.74) is -1.28. The van der Waals surface area contributed by atoms with E-state index in [2.05, 4.69) is 5.32 Å². The highest BCUT2D eigenvalue weighted by molar-refractivity contribution is 5.88. The third-order valence-electron chi connectivity index (χ3n) is 4.74. The zero-order valence-corrected chi connectivity index (χ0v) is 11.7. The van der Waals surface area contributed by atoms with E-state index in [1.54, 1.807) is 0 Å². The maximum Gasteiger partial charge on any atom is 0.391 e. The Kier molecular flexibility index (Phi) is 4.49. The predicted octanol–water partition coefficient (Wildman–Crippen LogP) is 2.87. The highest BCUT2D eigenvalue weighted by Gasteiger charge is 2.47. The second-order valence-electron chi connectivity index (χ2n) is 6.19. The summed E-state index contributed by atoms with van der Waals surface area (Å²) in [6.45, 7) is 0. The van der Waals surface area contributed by atoms with Crippen molar-refractivity contribution in [3.8, 4) is 0 Å². The number of carbonyl (C=O) groups excluding carboxylic acids is 1. The monoisotopic (exact) mass is 307 g/mol. The summed E-state index contributed by atoms with van der Waals surface area (Å²) in [5.74, 6) is -3.81. The van der Waals surface area contributed by atoms with Crippen molar-refractivity contribution in [2.24, 2.45) is 11.8 Å². The van der Waals surface area contributed by atoms with Gasteiger partial charge in [-0.3, -0.25) is 4.79 Å². The third-order valence-corrected chi connectivity index (χ3v) is 4.74. The van der Waals surface area contributed by atoms with E-state index in [0.717, 1.165) is 0 Å². The van der Waals surface area contributed by atoms with Gasteiger partial charge in [0.2, 0.25) is 5.91 Å². The Morgan fingerprint density at radius 1 is 1.10 bits per heavy atom. The van der Waals surface area contributed by atoms with Crippen molar-refractivity contribution in [2.45, 2.75) is 63.1 Å². The molecule has 0 saturated heterocycles. The van der Waals surface area contributed by atoms with Crippen molar-refractivity contribution < 1.29 is 27.9 Å². The van der Waals surface area contributed by atoms with Crippen LogP contribution >= 0.6 is 0 Å². The van der Waals surface area contributed by atoms with E-state index >= 15 is 0 Å². The lowest BCUT2D eigenvalue weighted by Gasteiger charge is -2.33. The van der Waals surface area contributed by atoms with E-state index in [1.165, 1.54) is 0 Å². The number of hydrogen-bond donors (Lipinski definition) is 2. The minimum Gasteiger partial charge on any atom is -0.480 e. The highest BCUT2D eigenvalue weighted by Crippen LogP contribution is 2.40. The summed E-state index contributed by atoms with van der Waals surface area (Å²) >= 11 is 0. The molecular weight excluding hydrogens is 287 g/mol. The lowest BCUT2D eigenvalue weighted by atomic mass is 9.80. The normalized spacial score (nSPS) is 29.1. The van der Waals surface area contributed by atoms with Gasteiger partial charge in [0, 0.05) is 5.92 Å². The predicted molar refractivity (Wildman–Crippen MR) is 68.5 cm³/mol. The first kappa shape index (κ1) is 16.1. The van der Waals surface area contributed by atoms with Crippen LogP contribution in [0.1, 0.15) is 51.4 Å². The van der Waals surface area contributed by atoms with Gasteiger partial charge in [0.25, 0.3) is 0 Å². The van der Waals surface area contributed by atoms with E-state index < -0.39 is 35.4 Å². The molecule has 0 spiro atoms. The molecule has 2 atom stereocenters. The number of nitrogens with one attached hydrogen (secondary N) is 1. The Morgan fingerprint density at radius 3 is 2.24 bits per heavy atom. The summed E-state index contributed by atoms with van der Waals surface area (Å²) in [7, 11) is 0. The number of carboxylic acid groups (broad SMARTS) is 1. The largest absolute Gasteiger partial charge is 0.480 e. The van der Waals surface area contributed by atoms with Crippen molar-refractivity contribution in [1.29, 1.82) is 0 Å². The molecular formula is C14H20F3NO3. The molecule has 0 aromatic heterocycles. The van der Waals surface area contributed by atoms with Crippen LogP contribution < -0.4 is 5.32 Å². The molecule has 2 N–H and O–H groups in total. The molecule has 0 bridgehead atoms. The lowest BCUT2D eigenvalue weighted by Crippen LogP contribution is -2.54. The summed E-state index contributed by atoms with van der Waals surface area (Å²) in [6, 6.07) is 0. The van der Waals surface area contributed by atoms with Gasteiger partial charge in [0.05, 0.1) is 5.92 Å². The van der Waals surface area contributed by atoms with Crippen molar-refractivity contribution in [2.75, 3.05) is 0 Å². The van der Waals surface area contributed by atoms with Gasteiger partial charge >= 0.3 is 12.1 Å². The molecule has 2 rings (SSSR count). The van der Waals surface area contributed by atoms with Crippen LogP contribution in [0.5, 0.6) is 0 Å². The van der Waals surface area contributed by atoms with Crippen LogP contribution in [0, 0.1) is 11.8 Å². The molecule has 1 amide bonds. The molecule has 0 radical (unpaired) electrons. The van der Waals surface area contributed by atoms with Crippen LogP contribution in [-0.4, -0.2) is 28.7 Å². The van der Waals surface area contributed by atoms with E-state index in [4.69, 9.17) is 0 Å². The SMILES string of the molecule is O=C(NC1(C(=O)O)CCCC1)C1CCCC(C(F)(F)F)C1. The number of hydrogen-bond acceptors (Lipinski definition) is 2. The Morgan fingerprint density at radius 2 is 1.71 bits per heavy atom. The fourth-order valence-electron chi connectivity index (χ4n) is 3.43. The summed E-state index contributed by atoms with van der Waals surface area (Å²) < 4.78 is 38.3. The van der Waals surface area contributed by atoms with Gasteiger partial charge < -0.3 is 10.4 Å². The number of amides is 1. The van der Waals surface area contributed by atoms with Crippen LogP contribution in [0.4, 0.5) is 13.2 Å². The minimum absolute atomic E-state index is 0.0529. The zero-order valence-electron chi connectivity index (χ0n) is 11.7. The molecule has 0 aliphatic heterocycles. The van der Waals surface area contributed by atoms with Gasteiger partial charge in [-0.25, -0.2) is 4.79 Å². The Balaban J connectivity index is 2.01. The van der Waals surface area contributed by atoms with Crippen LogP contribution in [0.2, 0.25) is 0 Å². The van der Waals surface area contributed by atoms with Crippen molar-refractivity contribution >= 4 is 11.9 Å². The van der Waals surface area contributed by atoms with Gasteiger partial charge in [-0.2, -0.15) is 13.2 Å². The van der Waals surface area contributed by atoms with Crippen molar-refractivity contribution in [3.63, 3.8) is 0 Å². The molecule has 2 saturated carbocycles. The molecule has 0 aromatic carbocycles. The first-order chi connectivity index (χ1) is 9.74. The van der Waals surface area contributed by atoms with E-state index in [9.17, 15) is 27.9 Å². The minimum atomic E-state index is -4.28. The number of carbonyl (C=O) groups is 2. The molecule has 2 fully saturated rings. The lowest BCUT2D eigenvalue weighted by molar-refractivity contribution is -0.186. The Labute approximate surface area is 121 Å². The van der Waals surface area contributed by atoms with Gasteiger partial charge in [-0.05, 0) is 32.1 Å². The molecule has 2 aliphatic rings. The fourth-order valence-corrected chi connectivity index (χ4v) is 3.43. The second kappa shape index (κ2) is 5.85. The van der Waals surface area contributed by atoms with Crippen LogP contribution in [0.3, 0.4) is 0 Å². The fraction of sp³-hybridized carbons (Fsp3) is 0.857. The van der Waals surface area contributed by atoms with E-state index in [-0.39, 0.29) is 12.8 Å². The summed E-state index contributed by atoms with van der Waals surface area (Å²) in [6.07, 6.45) is -1.59. The molecule has 21 heavy (non-hydrogen) atoms. The number of aliphatic carboxylic acids is 1. The van der Waals surface area contributed by atoms with Crippen molar-refractivity contribution in [3.05, 3.63) is 0 Å². The van der Waals surface area contributed by atoms with E-state index in [0.29, 0.717) is 38.5 Å². The van der Waals surface area contributed by atoms with Gasteiger partial charge in [-0.15, -0.1) is 0 Å². The zero-order chi connectivity index (χ0) is 15.7. The smallest absolute Gasteiger partial charge is 0.391 e. The summed E-state index contributed by atoms with van der Waals surface area (Å²) in [4.78, 5) is 23.6. The van der Waals surface area contributed by atoms with Crippen LogP contribution in [0.15, 0.2) is 0 Å². The summed E-state index contributed by atoms with van der Waals surface area (Å²) in [5, 5.41) is 11.8. The van der Waals surface area contributed by atoms with E-state index in [1.807, 2.05) is 0 Å². The average molecular weight is 307 g/mol. The van der Waals surface area contributed by atoms with Gasteiger partial charge in [0.15, 0.2) is 0 Å². The third kappa shape index (κ3) is 3.49. The molecule has 0 heterocycles. The second-order valence-corrected chi connectivity index (χ2v) is 6.19. The topological polar surface area (TPSA) is 66.4 Å². The molecule has 2 unspecified atom stereocenters. The first-order valence-electron chi connectivity index (χ1n) is 7.37. The maximum absolute atomic E-state index is 12.8.